The lowest BCUT2D eigenvalue weighted by Crippen LogP contribution is -2.46. The van der Waals surface area contributed by atoms with Gasteiger partial charge in [0.15, 0.2) is 23.2 Å². The van der Waals surface area contributed by atoms with Crippen LogP contribution in [-0.2, 0) is 45.9 Å². The highest BCUT2D eigenvalue weighted by Gasteiger charge is 2.51. The van der Waals surface area contributed by atoms with Gasteiger partial charge in [-0.2, -0.15) is 16.9 Å². The lowest BCUT2D eigenvalue weighted by molar-refractivity contribution is -0.137. The minimum Gasteiger partial charge on any atom is -0.475 e. The summed E-state index contributed by atoms with van der Waals surface area (Å²) in [5.41, 5.74) is 2.87. The number of nitrogens with zero attached hydrogens (tertiary/aromatic N) is 4. The molecule has 7 atom stereocenters. The maximum Gasteiger partial charge on any atom is 0.481 e. The number of hydrogen-bond donors (Lipinski definition) is 12. The molecule has 2 aromatic heterocycles. The van der Waals surface area contributed by atoms with E-state index in [0.29, 0.717) is 10.3 Å². The van der Waals surface area contributed by atoms with Crippen LogP contribution in [0.4, 0.5) is 5.82 Å². The number of fused-ring (bicyclic) bond motifs is 1. The summed E-state index contributed by atoms with van der Waals surface area (Å²) in [6, 6.07) is 0. The molecule has 0 saturated carbocycles. The van der Waals surface area contributed by atoms with Gasteiger partial charge in [-0.3, -0.25) is 27.7 Å². The van der Waals surface area contributed by atoms with Crippen LogP contribution in [0.3, 0.4) is 0 Å². The Balaban J connectivity index is 1.75. The van der Waals surface area contributed by atoms with Crippen LogP contribution in [0.2, 0.25) is 0 Å². The number of anilines is 1. The summed E-state index contributed by atoms with van der Waals surface area (Å²) >= 11 is 3.94. The average molecular weight is 856 g/mol. The van der Waals surface area contributed by atoms with Crippen molar-refractivity contribution < 1.29 is 95.5 Å². The zero-order valence-electron chi connectivity index (χ0n) is 27.8. The van der Waals surface area contributed by atoms with Crippen LogP contribution in [0.1, 0.15) is 47.7 Å². The number of aromatic nitrogens is 4. The van der Waals surface area contributed by atoms with Crippen LogP contribution >= 0.6 is 36.1 Å². The molecule has 0 aliphatic carbocycles. The molecular formula is C23H36N7O20P3S. The number of amides is 2. The number of nitrogens with one attached hydrogen (secondary N) is 2. The first-order valence-electron chi connectivity index (χ1n) is 14.9. The van der Waals surface area contributed by atoms with Crippen molar-refractivity contribution in [3.8, 4) is 0 Å². The number of carboxylic acid groups (broad SMARTS) is 2. The molecule has 0 radical (unpaired) electrons. The lowest BCUT2D eigenvalue weighted by Gasteiger charge is -2.30. The number of rotatable bonds is 20. The molecule has 304 valence electrons. The van der Waals surface area contributed by atoms with Crippen molar-refractivity contribution in [3.63, 3.8) is 0 Å². The van der Waals surface area contributed by atoms with Crippen LogP contribution in [0.15, 0.2) is 0 Å². The van der Waals surface area contributed by atoms with E-state index in [0.717, 1.165) is 0 Å². The molecule has 3 heterocycles. The summed E-state index contributed by atoms with van der Waals surface area (Å²) in [6.07, 6.45) is -10.8. The Morgan fingerprint density at radius 3 is 2.20 bits per heavy atom. The van der Waals surface area contributed by atoms with Crippen molar-refractivity contribution in [1.82, 2.24) is 30.2 Å². The maximum absolute atomic E-state index is 12.7. The highest BCUT2D eigenvalue weighted by atomic mass is 32.1. The molecule has 1 aliphatic rings. The number of phosphoric ester groups is 3. The molecule has 3 rings (SSSR count). The normalized spacial score (nSPS) is 21.9. The lowest BCUT2D eigenvalue weighted by atomic mass is 9.87. The molecule has 0 bridgehead atoms. The molecular weight excluding hydrogens is 819 g/mol. The largest absolute Gasteiger partial charge is 0.481 e. The van der Waals surface area contributed by atoms with Gasteiger partial charge in [-0.1, -0.05) is 13.8 Å². The highest BCUT2D eigenvalue weighted by Crippen LogP contribution is 2.61. The van der Waals surface area contributed by atoms with Crippen molar-refractivity contribution >= 4 is 76.8 Å². The second kappa shape index (κ2) is 17.7. The molecule has 2 unspecified atom stereocenters. The van der Waals surface area contributed by atoms with Gasteiger partial charge in [0.2, 0.25) is 23.5 Å². The number of aliphatic hydroxyl groups excluding tert-OH is 2. The van der Waals surface area contributed by atoms with Crippen molar-refractivity contribution in [1.29, 1.82) is 0 Å². The predicted octanol–water partition coefficient (Wildman–Crippen LogP) is -2.27. The third-order valence-electron chi connectivity index (χ3n) is 7.05. The van der Waals surface area contributed by atoms with Crippen LogP contribution < -0.4 is 16.4 Å². The van der Waals surface area contributed by atoms with E-state index in [-0.39, 0.29) is 19.5 Å². The van der Waals surface area contributed by atoms with Gasteiger partial charge in [0, 0.05) is 30.7 Å². The molecule has 12 N–H and O–H groups in total. The smallest absolute Gasteiger partial charge is 0.475 e. The maximum atomic E-state index is 12.7. The van der Waals surface area contributed by atoms with Gasteiger partial charge in [-0.15, -0.1) is 0 Å². The SMILES string of the molecule is CC(C)(COP(=O)(O)OP(=O)(O)OC[C@H]1O[C@@H](n2c(C(=O)O)nc3c(N)nc(C(=O)O)nc32)[C@H](O)[C@@H]1OP(=O)(O)O)[C@@H](O)C(=O)NCCC(=O)NCCS. The van der Waals surface area contributed by atoms with Crippen LogP contribution in [0.5, 0.6) is 0 Å². The third kappa shape index (κ3) is 11.9. The standard InChI is InChI=1S/C23H36N7O20P3S/c1-23(2,14(33)19(34)26-4-3-10(31)25-5-6-54)8-47-53(44,45)50-52(42,43)46-7-9-13(49-51(39,40)41)12(32)20(48-9)30-17-11(27-18(30)22(37)38)15(24)28-16(29-17)21(35)36/h9,12-14,20,32-33,54H,3-8H2,1-2H3,(H,25,31)(H,26,34)(H,35,36)(H,37,38)(H,42,43)(H,44,45)(H2,24,28,29)(H2,39,40,41)/t9-,12-,13-,14+,20-/m1/s1. The summed E-state index contributed by atoms with van der Waals surface area (Å²) in [6.45, 7) is 0.190. The van der Waals surface area contributed by atoms with Gasteiger partial charge >= 0.3 is 35.4 Å². The van der Waals surface area contributed by atoms with E-state index in [1.807, 2.05) is 0 Å². The predicted molar refractivity (Wildman–Crippen MR) is 177 cm³/mol. The Labute approximate surface area is 308 Å². The topological polar surface area (TPSA) is 421 Å². The first-order valence-corrected chi connectivity index (χ1v) is 20.0. The number of aromatic carboxylic acids is 2. The molecule has 1 saturated heterocycles. The summed E-state index contributed by atoms with van der Waals surface area (Å²) < 4.78 is 61.0. The molecule has 0 aromatic carbocycles. The van der Waals surface area contributed by atoms with Gasteiger partial charge in [-0.25, -0.2) is 38.2 Å². The summed E-state index contributed by atoms with van der Waals surface area (Å²) in [7, 11) is -16.9. The fourth-order valence-electron chi connectivity index (χ4n) is 4.54. The van der Waals surface area contributed by atoms with E-state index >= 15 is 0 Å². The fourth-order valence-corrected chi connectivity index (χ4v) is 7.49. The first kappa shape index (κ1) is 45.2. The Hall–Kier alpha value is -3.17. The second-order valence-electron chi connectivity index (χ2n) is 11.7. The molecule has 1 aliphatic heterocycles. The van der Waals surface area contributed by atoms with Crippen molar-refractivity contribution in [2.75, 3.05) is 37.8 Å². The molecule has 27 nitrogen and oxygen atoms in total. The molecule has 31 heteroatoms. The zero-order valence-corrected chi connectivity index (χ0v) is 31.3. The van der Waals surface area contributed by atoms with E-state index in [9.17, 15) is 72.9 Å². The minimum atomic E-state index is -5.74. The van der Waals surface area contributed by atoms with Crippen molar-refractivity contribution in [2.45, 2.75) is 50.9 Å². The van der Waals surface area contributed by atoms with E-state index in [1.54, 1.807) is 0 Å². The quantitative estimate of drug-likeness (QED) is 0.0493. The Kier molecular flexibility index (Phi) is 14.9. The molecule has 2 aromatic rings. The number of nitrogens with two attached hydrogens (primary N) is 1. The number of ether oxygens (including phenoxy) is 1. The van der Waals surface area contributed by atoms with Gasteiger partial charge in [0.1, 0.15) is 24.4 Å². The number of nitrogen functional groups attached to an aromatic ring is 1. The van der Waals surface area contributed by atoms with Gasteiger partial charge in [0.05, 0.1) is 13.2 Å². The van der Waals surface area contributed by atoms with Crippen LogP contribution in [-0.4, -0.2) is 140 Å². The molecule has 2 amide bonds. The highest BCUT2D eigenvalue weighted by molar-refractivity contribution is 7.80. The molecule has 0 spiro atoms. The average Bonchev–Trinajstić information content (AvgIpc) is 3.57. The summed E-state index contributed by atoms with van der Waals surface area (Å²) in [5, 5.41) is 45.3. The first-order chi connectivity index (χ1) is 24.8. The van der Waals surface area contributed by atoms with Crippen LogP contribution in [0.25, 0.3) is 11.2 Å². The number of carbonyl (C=O) groups is 4. The number of thiol groups is 1. The van der Waals surface area contributed by atoms with Gasteiger partial charge < -0.3 is 61.1 Å². The van der Waals surface area contributed by atoms with E-state index in [2.05, 4.69) is 56.1 Å². The minimum absolute atomic E-state index is 0.145. The Bertz CT molecular complexity index is 1890. The van der Waals surface area contributed by atoms with Gasteiger partial charge in [0.25, 0.3) is 0 Å². The molecule has 1 fully saturated rings. The number of carboxylic acids is 2. The third-order valence-corrected chi connectivity index (χ3v) is 10.4. The fraction of sp³-hybridized carbons (Fsp3) is 0.609. The van der Waals surface area contributed by atoms with E-state index in [4.69, 9.17) is 10.5 Å². The molecule has 54 heavy (non-hydrogen) atoms. The monoisotopic (exact) mass is 855 g/mol. The Morgan fingerprint density at radius 2 is 1.63 bits per heavy atom. The Morgan fingerprint density at radius 1 is 1.00 bits per heavy atom. The summed E-state index contributed by atoms with van der Waals surface area (Å²) in [5.74, 6) is -7.22. The van der Waals surface area contributed by atoms with E-state index in [1.165, 1.54) is 13.8 Å². The van der Waals surface area contributed by atoms with Crippen molar-refractivity contribution in [2.24, 2.45) is 5.41 Å². The second-order valence-corrected chi connectivity index (χ2v) is 16.4. The van der Waals surface area contributed by atoms with Gasteiger partial charge in [-0.05, 0) is 0 Å². The number of carbonyl (C=O) groups excluding carboxylic acids is 2. The number of hydrogen-bond acceptors (Lipinski definition) is 19. The number of imidazole rings is 1. The summed E-state index contributed by atoms with van der Waals surface area (Å²) in [4.78, 5) is 97.6. The number of aliphatic hydroxyl groups is 2. The van der Waals surface area contributed by atoms with E-state index < -0.39 is 125 Å². The van der Waals surface area contributed by atoms with Crippen molar-refractivity contribution in [3.05, 3.63) is 11.6 Å². The van der Waals surface area contributed by atoms with Crippen LogP contribution in [0, 0.1) is 5.41 Å². The zero-order chi connectivity index (χ0) is 41.0. The number of phosphoric acid groups is 3.